The fourth-order valence-electron chi connectivity index (χ4n) is 2.84. The highest BCUT2D eigenvalue weighted by molar-refractivity contribution is 5.75. The Bertz CT molecular complexity index is 795. The van der Waals surface area contributed by atoms with Gasteiger partial charge in [0.25, 0.3) is 5.69 Å². The Morgan fingerprint density at radius 3 is 2.33 bits per heavy atom. The van der Waals surface area contributed by atoms with Crippen LogP contribution in [0.2, 0.25) is 0 Å². The standard InChI is InChI=1S/C18H21F3N2O4/c1-11-14(9-13(23(25)26)10-15(11)18(19,20)21)12-5-7-22(8-6-12)16(24)27-17(2,3)4/h5,9-10H,6-8H2,1-4H3. The predicted octanol–water partition coefficient (Wildman–Crippen LogP) is 4.95. The first-order chi connectivity index (χ1) is 12.3. The fourth-order valence-corrected chi connectivity index (χ4v) is 2.84. The molecule has 2 rings (SSSR count). The topological polar surface area (TPSA) is 72.7 Å². The summed E-state index contributed by atoms with van der Waals surface area (Å²) in [6, 6.07) is 1.70. The van der Waals surface area contributed by atoms with Crippen molar-refractivity contribution in [2.24, 2.45) is 0 Å². The molecule has 0 aliphatic carbocycles. The monoisotopic (exact) mass is 386 g/mol. The zero-order chi connectivity index (χ0) is 20.6. The van der Waals surface area contributed by atoms with E-state index in [9.17, 15) is 28.1 Å². The van der Waals surface area contributed by atoms with Crippen molar-refractivity contribution < 1.29 is 27.6 Å². The number of ether oxygens (including phenoxy) is 1. The molecule has 148 valence electrons. The molecule has 0 atom stereocenters. The molecule has 0 bridgehead atoms. The third kappa shape index (κ3) is 4.99. The van der Waals surface area contributed by atoms with Gasteiger partial charge < -0.3 is 9.64 Å². The lowest BCUT2D eigenvalue weighted by molar-refractivity contribution is -0.385. The Balaban J connectivity index is 2.35. The van der Waals surface area contributed by atoms with Crippen molar-refractivity contribution in [3.8, 4) is 0 Å². The minimum Gasteiger partial charge on any atom is -0.444 e. The summed E-state index contributed by atoms with van der Waals surface area (Å²) in [6.07, 6.45) is -3.31. The van der Waals surface area contributed by atoms with Crippen LogP contribution in [0.25, 0.3) is 5.57 Å². The molecule has 0 radical (unpaired) electrons. The molecule has 0 unspecified atom stereocenters. The van der Waals surface area contributed by atoms with Gasteiger partial charge in [-0.2, -0.15) is 13.2 Å². The first kappa shape index (κ1) is 20.7. The van der Waals surface area contributed by atoms with Crippen LogP contribution >= 0.6 is 0 Å². The smallest absolute Gasteiger partial charge is 0.416 e. The number of hydrogen-bond donors (Lipinski definition) is 0. The zero-order valence-corrected chi connectivity index (χ0v) is 15.5. The van der Waals surface area contributed by atoms with Crippen molar-refractivity contribution in [1.82, 2.24) is 4.90 Å². The van der Waals surface area contributed by atoms with Crippen LogP contribution in [0.3, 0.4) is 0 Å². The van der Waals surface area contributed by atoms with Gasteiger partial charge in [-0.25, -0.2) is 4.79 Å². The van der Waals surface area contributed by atoms with E-state index >= 15 is 0 Å². The van der Waals surface area contributed by atoms with Gasteiger partial charge in [0.15, 0.2) is 0 Å². The number of carbonyl (C=O) groups is 1. The fraction of sp³-hybridized carbons (Fsp3) is 0.500. The van der Waals surface area contributed by atoms with Crippen molar-refractivity contribution in [1.29, 1.82) is 0 Å². The highest BCUT2D eigenvalue weighted by Gasteiger charge is 2.36. The average Bonchev–Trinajstić information content (AvgIpc) is 2.52. The summed E-state index contributed by atoms with van der Waals surface area (Å²) in [5, 5.41) is 11.0. The van der Waals surface area contributed by atoms with E-state index in [4.69, 9.17) is 4.74 Å². The summed E-state index contributed by atoms with van der Waals surface area (Å²) in [6.45, 7) is 6.92. The Kier molecular flexibility index (Phi) is 5.53. The largest absolute Gasteiger partial charge is 0.444 e. The Morgan fingerprint density at radius 2 is 1.89 bits per heavy atom. The molecule has 1 aromatic carbocycles. The maximum absolute atomic E-state index is 13.3. The number of carbonyl (C=O) groups excluding carboxylic acids is 1. The molecule has 1 heterocycles. The van der Waals surface area contributed by atoms with Gasteiger partial charge >= 0.3 is 12.3 Å². The summed E-state index contributed by atoms with van der Waals surface area (Å²) in [5.74, 6) is 0. The molecule has 0 spiro atoms. The molecule has 9 heteroatoms. The molecule has 0 fully saturated rings. The van der Waals surface area contributed by atoms with Gasteiger partial charge in [0.2, 0.25) is 0 Å². The summed E-state index contributed by atoms with van der Waals surface area (Å²) < 4.78 is 45.0. The Hall–Kier alpha value is -2.58. The van der Waals surface area contributed by atoms with Crippen LogP contribution in [0.4, 0.5) is 23.7 Å². The van der Waals surface area contributed by atoms with Gasteiger partial charge in [0.05, 0.1) is 10.5 Å². The lowest BCUT2D eigenvalue weighted by atomic mass is 9.92. The molecular weight excluding hydrogens is 365 g/mol. The van der Waals surface area contributed by atoms with Crippen molar-refractivity contribution in [3.05, 3.63) is 45.0 Å². The summed E-state index contributed by atoms with van der Waals surface area (Å²) in [7, 11) is 0. The summed E-state index contributed by atoms with van der Waals surface area (Å²) >= 11 is 0. The molecule has 0 saturated heterocycles. The molecule has 0 saturated carbocycles. The van der Waals surface area contributed by atoms with Crippen LogP contribution in [-0.2, 0) is 10.9 Å². The summed E-state index contributed by atoms with van der Waals surface area (Å²) in [4.78, 5) is 23.7. The van der Waals surface area contributed by atoms with E-state index in [0.29, 0.717) is 11.6 Å². The molecule has 6 nitrogen and oxygen atoms in total. The van der Waals surface area contributed by atoms with Gasteiger partial charge in [-0.05, 0) is 50.8 Å². The second-order valence-corrected chi connectivity index (χ2v) is 7.33. The zero-order valence-electron chi connectivity index (χ0n) is 15.5. The highest BCUT2D eigenvalue weighted by Crippen LogP contribution is 2.39. The molecular formula is C18H21F3N2O4. The molecule has 1 aliphatic rings. The first-order valence-electron chi connectivity index (χ1n) is 8.33. The quantitative estimate of drug-likeness (QED) is 0.533. The van der Waals surface area contributed by atoms with Crippen LogP contribution in [0, 0.1) is 17.0 Å². The second-order valence-electron chi connectivity index (χ2n) is 7.33. The highest BCUT2D eigenvalue weighted by atomic mass is 19.4. The van der Waals surface area contributed by atoms with E-state index < -0.39 is 34.0 Å². The maximum Gasteiger partial charge on any atom is 0.416 e. The normalized spacial score (nSPS) is 15.4. The van der Waals surface area contributed by atoms with Gasteiger partial charge in [-0.3, -0.25) is 10.1 Å². The molecule has 1 aliphatic heterocycles. The number of nitro groups is 1. The number of hydrogen-bond acceptors (Lipinski definition) is 4. The van der Waals surface area contributed by atoms with E-state index in [1.165, 1.54) is 11.8 Å². The number of amides is 1. The van der Waals surface area contributed by atoms with Crippen molar-refractivity contribution in [2.45, 2.75) is 45.9 Å². The second kappa shape index (κ2) is 7.21. The molecule has 0 N–H and O–H groups in total. The van der Waals surface area contributed by atoms with Crippen LogP contribution in [0.5, 0.6) is 0 Å². The van der Waals surface area contributed by atoms with Crippen LogP contribution in [0.15, 0.2) is 18.2 Å². The first-order valence-corrected chi connectivity index (χ1v) is 8.33. The van der Waals surface area contributed by atoms with Gasteiger partial charge in [-0.1, -0.05) is 6.08 Å². The van der Waals surface area contributed by atoms with Crippen molar-refractivity contribution >= 4 is 17.4 Å². The third-order valence-electron chi connectivity index (χ3n) is 4.12. The molecule has 27 heavy (non-hydrogen) atoms. The number of benzene rings is 1. The predicted molar refractivity (Wildman–Crippen MR) is 93.2 cm³/mol. The van der Waals surface area contributed by atoms with Crippen LogP contribution in [0.1, 0.15) is 43.9 Å². The lowest BCUT2D eigenvalue weighted by Crippen LogP contribution is -2.39. The van der Waals surface area contributed by atoms with Crippen molar-refractivity contribution in [2.75, 3.05) is 13.1 Å². The Morgan fingerprint density at radius 1 is 1.26 bits per heavy atom. The summed E-state index contributed by atoms with van der Waals surface area (Å²) in [5.41, 5.74) is -1.63. The minimum absolute atomic E-state index is 0.0648. The van der Waals surface area contributed by atoms with Crippen LogP contribution < -0.4 is 0 Å². The van der Waals surface area contributed by atoms with E-state index in [1.54, 1.807) is 26.8 Å². The third-order valence-corrected chi connectivity index (χ3v) is 4.12. The number of alkyl halides is 3. The van der Waals surface area contributed by atoms with Gasteiger partial charge in [-0.15, -0.1) is 0 Å². The maximum atomic E-state index is 13.3. The SMILES string of the molecule is Cc1c(C2=CCN(C(=O)OC(C)(C)C)CC2)cc([N+](=O)[O-])cc1C(F)(F)F. The van der Waals surface area contributed by atoms with Crippen molar-refractivity contribution in [3.63, 3.8) is 0 Å². The van der Waals surface area contributed by atoms with Crippen LogP contribution in [-0.4, -0.2) is 34.6 Å². The number of non-ortho nitro benzene ring substituents is 1. The lowest BCUT2D eigenvalue weighted by Gasteiger charge is -2.30. The number of nitrogens with zero attached hydrogens (tertiary/aromatic N) is 2. The minimum atomic E-state index is -4.69. The van der Waals surface area contributed by atoms with E-state index in [0.717, 1.165) is 6.07 Å². The van der Waals surface area contributed by atoms with E-state index in [-0.39, 0.29) is 30.6 Å². The number of rotatable bonds is 2. The average molecular weight is 386 g/mol. The van der Waals surface area contributed by atoms with E-state index in [1.807, 2.05) is 0 Å². The molecule has 1 amide bonds. The molecule has 1 aromatic rings. The van der Waals surface area contributed by atoms with E-state index in [2.05, 4.69) is 0 Å². The molecule has 0 aromatic heterocycles. The van der Waals surface area contributed by atoms with Gasteiger partial charge in [0, 0.05) is 25.2 Å². The number of nitro benzene ring substituents is 1. The van der Waals surface area contributed by atoms with Gasteiger partial charge in [0.1, 0.15) is 5.60 Å². The number of halogens is 3. The Labute approximate surface area is 154 Å².